The summed E-state index contributed by atoms with van der Waals surface area (Å²) < 4.78 is 9.64. The Morgan fingerprint density at radius 2 is 0.651 bits per heavy atom. The van der Waals surface area contributed by atoms with Gasteiger partial charge in [0.25, 0.3) is 0 Å². The monoisotopic (exact) mass is 1090 g/mol. The van der Waals surface area contributed by atoms with Crippen LogP contribution in [-0.2, 0) is 5.41 Å². The molecule has 0 radical (unpaired) electrons. The van der Waals surface area contributed by atoms with E-state index in [0.717, 1.165) is 22.6 Å². The van der Waals surface area contributed by atoms with Gasteiger partial charge in [0.2, 0.25) is 0 Å². The van der Waals surface area contributed by atoms with Gasteiger partial charge in [-0.1, -0.05) is 303 Å². The molecule has 3 heterocycles. The summed E-state index contributed by atoms with van der Waals surface area (Å²) in [5, 5.41) is 13.1. The molecule has 2 aliphatic heterocycles. The maximum Gasteiger partial charge on any atom is 0.179 e. The molecular weight excluding hydrogens is 1040 g/mol. The number of nitrogens with zero attached hydrogens (tertiary/aromatic N) is 1. The van der Waals surface area contributed by atoms with E-state index in [-0.39, 0.29) is 0 Å². The predicted molar refractivity (Wildman–Crippen MR) is 351 cm³/mol. The Hall–Kier alpha value is -10.1. The fraction of sp³-hybridized carbons (Fsp3) is 0.0127. The van der Waals surface area contributed by atoms with Crippen LogP contribution in [0, 0.1) is 0 Å². The molecule has 1 spiro atoms. The molecule has 0 bridgehead atoms. The van der Waals surface area contributed by atoms with Crippen LogP contribution in [0.3, 0.4) is 0 Å². The zero-order valence-electron chi connectivity index (χ0n) is 45.6. The predicted octanol–water partition coefficient (Wildman–Crippen LogP) is 13.7. The number of rotatable bonds is 10. The Morgan fingerprint density at radius 3 is 1.13 bits per heavy atom. The summed E-state index contributed by atoms with van der Waals surface area (Å²) >= 11 is 0. The van der Waals surface area contributed by atoms with Crippen molar-refractivity contribution in [3.05, 3.63) is 356 Å². The minimum Gasteiger partial charge on any atom is -0.457 e. The summed E-state index contributed by atoms with van der Waals surface area (Å²) in [4.78, 5) is 0. The van der Waals surface area contributed by atoms with E-state index < -0.39 is 21.6 Å². The van der Waals surface area contributed by atoms with Gasteiger partial charge in [0.05, 0.1) is 22.1 Å². The van der Waals surface area contributed by atoms with Crippen molar-refractivity contribution in [1.29, 1.82) is 0 Å². The van der Waals surface area contributed by atoms with Gasteiger partial charge >= 0.3 is 0 Å². The molecule has 2 aliphatic rings. The minimum atomic E-state index is -3.29. The zero-order valence-corrected chi connectivity index (χ0v) is 47.6. The maximum atomic E-state index is 6.99. The molecule has 2 nitrogen and oxygen atoms in total. The number of benzene rings is 13. The van der Waals surface area contributed by atoms with E-state index in [0.29, 0.717) is 0 Å². The standard InChI is InChI=1S/C79H55NOSi2/c1-8-27-56(28-9-1)58-51-59(57-29-10-2-11-30-57)53-67(52-58)83(63-37-18-6-19-38-63,64-39-20-7-21-40-64)66-47-49-70-75(55-66)80-74-50-48-65(82(60-31-12-3-13-32-60,61-33-14-4-15-34-61)62-35-16-5-17-36-62)54-69(74)68-41-26-44-73(78(68)80)79(70)71-42-22-24-45-76(71)81-77-46-25-23-43-72(77)79/h1-55H. The van der Waals surface area contributed by atoms with E-state index in [1.807, 2.05) is 0 Å². The van der Waals surface area contributed by atoms with Crippen LogP contribution in [0.4, 0.5) is 0 Å². The van der Waals surface area contributed by atoms with Crippen LogP contribution >= 0.6 is 0 Å². The second kappa shape index (κ2) is 19.6. The first-order chi connectivity index (χ1) is 41.2. The number of ether oxygens (including phenoxy) is 1. The summed E-state index contributed by atoms with van der Waals surface area (Å²) in [6, 6.07) is 126. The topological polar surface area (TPSA) is 14.2 Å². The highest BCUT2D eigenvalue weighted by molar-refractivity contribution is 7.20. The first-order valence-electron chi connectivity index (χ1n) is 28.8. The van der Waals surface area contributed by atoms with Crippen LogP contribution < -0.4 is 46.2 Å². The Bertz CT molecular complexity index is 4500. The van der Waals surface area contributed by atoms with Gasteiger partial charge in [-0.05, 0) is 105 Å². The third-order valence-electron chi connectivity index (χ3n) is 18.1. The van der Waals surface area contributed by atoms with Gasteiger partial charge in [-0.25, -0.2) is 0 Å². The van der Waals surface area contributed by atoms with Crippen LogP contribution in [0.25, 0.3) is 49.7 Å². The van der Waals surface area contributed by atoms with Crippen LogP contribution in [0.15, 0.2) is 334 Å². The molecule has 0 amide bonds. The fourth-order valence-corrected chi connectivity index (χ4v) is 24.3. The molecule has 0 atom stereocenters. The summed E-state index contributed by atoms with van der Waals surface area (Å²) in [6.07, 6.45) is 0. The molecule has 0 saturated heterocycles. The van der Waals surface area contributed by atoms with Crippen molar-refractivity contribution in [1.82, 2.24) is 4.57 Å². The maximum absolute atomic E-state index is 6.99. The Balaban J connectivity index is 1.06. The molecule has 0 N–H and O–H groups in total. The third-order valence-corrected chi connectivity index (χ3v) is 27.6. The average Bonchev–Trinajstić information content (AvgIpc) is 2.14. The zero-order chi connectivity index (χ0) is 55.0. The number of aromatic nitrogens is 1. The lowest BCUT2D eigenvalue weighted by molar-refractivity contribution is 0.434. The first-order valence-corrected chi connectivity index (χ1v) is 32.8. The van der Waals surface area contributed by atoms with Crippen molar-refractivity contribution < 1.29 is 4.74 Å². The molecule has 1 aromatic heterocycles. The van der Waals surface area contributed by atoms with Crippen LogP contribution in [0.5, 0.6) is 11.5 Å². The molecule has 390 valence electrons. The van der Waals surface area contributed by atoms with Crippen LogP contribution in [0.1, 0.15) is 22.3 Å². The van der Waals surface area contributed by atoms with Crippen LogP contribution in [0.2, 0.25) is 0 Å². The van der Waals surface area contributed by atoms with Crippen molar-refractivity contribution >= 4 is 79.4 Å². The molecule has 13 aromatic carbocycles. The normalized spacial score (nSPS) is 13.0. The smallest absolute Gasteiger partial charge is 0.179 e. The lowest BCUT2D eigenvalue weighted by atomic mass is 9.62. The molecule has 4 heteroatoms. The molecule has 0 fully saturated rings. The van der Waals surface area contributed by atoms with E-state index >= 15 is 0 Å². The van der Waals surface area contributed by atoms with Gasteiger partial charge < -0.3 is 9.30 Å². The molecule has 83 heavy (non-hydrogen) atoms. The molecular formula is C79H55NOSi2. The van der Waals surface area contributed by atoms with E-state index in [4.69, 9.17) is 4.74 Å². The largest absolute Gasteiger partial charge is 0.457 e. The van der Waals surface area contributed by atoms with Crippen molar-refractivity contribution in [3.63, 3.8) is 0 Å². The van der Waals surface area contributed by atoms with E-state index in [9.17, 15) is 0 Å². The first kappa shape index (κ1) is 48.8. The van der Waals surface area contributed by atoms with E-state index in [1.165, 1.54) is 102 Å². The number of fused-ring (bicyclic) bond motifs is 11. The number of hydrogen-bond acceptors (Lipinski definition) is 1. The highest BCUT2D eigenvalue weighted by Crippen LogP contribution is 2.60. The van der Waals surface area contributed by atoms with E-state index in [2.05, 4.69) is 338 Å². The van der Waals surface area contributed by atoms with Gasteiger partial charge in [-0.2, -0.15) is 0 Å². The van der Waals surface area contributed by atoms with Crippen molar-refractivity contribution in [2.45, 2.75) is 5.41 Å². The fourth-order valence-electron chi connectivity index (χ4n) is 14.7. The Labute approximate surface area is 486 Å². The highest BCUT2D eigenvalue weighted by atomic mass is 28.3. The van der Waals surface area contributed by atoms with Gasteiger partial charge in [-0.15, -0.1) is 0 Å². The molecule has 0 saturated carbocycles. The molecule has 0 aliphatic carbocycles. The molecule has 14 aromatic rings. The second-order valence-corrected chi connectivity index (χ2v) is 29.8. The van der Waals surface area contributed by atoms with Crippen molar-refractivity contribution in [2.24, 2.45) is 0 Å². The van der Waals surface area contributed by atoms with Gasteiger partial charge in [0.1, 0.15) is 11.5 Å². The molecule has 0 unspecified atom stereocenters. The summed E-state index contributed by atoms with van der Waals surface area (Å²) in [6.45, 7) is 0. The Morgan fingerprint density at radius 1 is 0.253 bits per heavy atom. The lowest BCUT2D eigenvalue weighted by Crippen LogP contribution is -2.74. The summed E-state index contributed by atoms with van der Waals surface area (Å²) in [7, 11) is -6.23. The highest BCUT2D eigenvalue weighted by Gasteiger charge is 2.52. The van der Waals surface area contributed by atoms with E-state index in [1.54, 1.807) is 0 Å². The third kappa shape index (κ3) is 7.26. The lowest BCUT2D eigenvalue weighted by Gasteiger charge is -2.45. The van der Waals surface area contributed by atoms with Gasteiger partial charge in [0, 0.05) is 21.9 Å². The molecule has 16 rings (SSSR count). The second-order valence-electron chi connectivity index (χ2n) is 22.2. The number of para-hydroxylation sites is 3. The quantitative estimate of drug-likeness (QED) is 0.0983. The Kier molecular flexibility index (Phi) is 11.5. The van der Waals surface area contributed by atoms with Crippen molar-refractivity contribution in [2.75, 3.05) is 0 Å². The van der Waals surface area contributed by atoms with Crippen LogP contribution in [-0.4, -0.2) is 20.7 Å². The summed E-state index contributed by atoms with van der Waals surface area (Å²) in [5.74, 6) is 1.75. The number of hydrogen-bond donors (Lipinski definition) is 0. The summed E-state index contributed by atoms with van der Waals surface area (Å²) in [5.41, 5.74) is 12.3. The van der Waals surface area contributed by atoms with Gasteiger partial charge in [0.15, 0.2) is 16.1 Å². The van der Waals surface area contributed by atoms with Crippen molar-refractivity contribution in [3.8, 4) is 39.4 Å². The SMILES string of the molecule is c1ccc(-c2cc(-c3ccccc3)cc([Si](c3ccccc3)(c3ccccc3)c3ccc4c(c3)-n3c5ccc([Si](c6ccccc6)(c6ccccc6)c6ccccc6)cc5c5cccc(c53)C43c4ccccc4Oc4ccccc43)c2)cc1. The van der Waals surface area contributed by atoms with Gasteiger partial charge in [-0.3, -0.25) is 0 Å². The average molecular weight is 1090 g/mol. The minimum absolute atomic E-state index is 0.750.